The highest BCUT2D eigenvalue weighted by atomic mass is 16.6. The Morgan fingerprint density at radius 2 is 1.24 bits per heavy atom. The Kier molecular flexibility index (Phi) is 6.91. The molecule has 1 saturated heterocycles. The zero-order chi connectivity index (χ0) is 23.3. The molecule has 1 aliphatic heterocycles. The van der Waals surface area contributed by atoms with Gasteiger partial charge in [-0.3, -0.25) is 4.79 Å². The van der Waals surface area contributed by atoms with Crippen LogP contribution in [0.1, 0.15) is 16.7 Å². The fourth-order valence-corrected chi connectivity index (χ4v) is 4.56. The fraction of sp³-hybridized carbons (Fsp3) is 0.296. The van der Waals surface area contributed by atoms with Crippen LogP contribution in [0.15, 0.2) is 91.0 Å². The van der Waals surface area contributed by atoms with Gasteiger partial charge in [-0.2, -0.15) is 0 Å². The molecule has 3 aromatic carbocycles. The van der Waals surface area contributed by atoms with Crippen molar-refractivity contribution >= 4 is 5.91 Å². The van der Waals surface area contributed by atoms with Crippen LogP contribution in [0.5, 0.6) is 0 Å². The number of aliphatic hydroxyl groups is 2. The van der Waals surface area contributed by atoms with E-state index in [1.54, 1.807) is 0 Å². The topological polar surface area (TPSA) is 102 Å². The third kappa shape index (κ3) is 4.84. The van der Waals surface area contributed by atoms with Crippen LogP contribution in [-0.2, 0) is 33.7 Å². The highest BCUT2D eigenvalue weighted by Gasteiger charge is 2.67. The van der Waals surface area contributed by atoms with Crippen molar-refractivity contribution in [3.8, 4) is 0 Å². The minimum Gasteiger partial charge on any atom is -0.384 e. The molecule has 172 valence electrons. The first-order chi connectivity index (χ1) is 15.9. The Labute approximate surface area is 193 Å². The van der Waals surface area contributed by atoms with Crippen LogP contribution >= 0.6 is 0 Å². The van der Waals surface area contributed by atoms with Gasteiger partial charge >= 0.3 is 0 Å². The van der Waals surface area contributed by atoms with Crippen molar-refractivity contribution in [3.63, 3.8) is 0 Å². The van der Waals surface area contributed by atoms with E-state index in [-0.39, 0.29) is 19.4 Å². The maximum absolute atomic E-state index is 12.4. The zero-order valence-corrected chi connectivity index (χ0v) is 18.3. The first-order valence-electron chi connectivity index (χ1n) is 11.0. The number of nitrogens with two attached hydrogens (primary N) is 1. The molecule has 33 heavy (non-hydrogen) atoms. The molecule has 0 saturated carbocycles. The summed E-state index contributed by atoms with van der Waals surface area (Å²) in [6.45, 7) is 0.291. The van der Waals surface area contributed by atoms with Crippen LogP contribution in [0, 0.1) is 0 Å². The number of hydrogen-bond acceptors (Lipinski definition) is 5. The Morgan fingerprint density at radius 1 is 0.788 bits per heavy atom. The normalized spacial score (nSPS) is 26.8. The number of carbonyl (C=O) groups excluding carboxylic acids is 1. The van der Waals surface area contributed by atoms with Crippen LogP contribution in [0.2, 0.25) is 0 Å². The number of ether oxygens (including phenoxy) is 2. The van der Waals surface area contributed by atoms with Crippen LogP contribution < -0.4 is 5.73 Å². The second-order valence-corrected chi connectivity index (χ2v) is 8.58. The van der Waals surface area contributed by atoms with E-state index in [0.29, 0.717) is 6.61 Å². The Bertz CT molecular complexity index is 1050. The number of benzene rings is 3. The Balaban J connectivity index is 1.65. The lowest BCUT2D eigenvalue weighted by atomic mass is 9.71. The first kappa shape index (κ1) is 23.1. The van der Waals surface area contributed by atoms with Gasteiger partial charge in [0, 0.05) is 12.8 Å². The van der Waals surface area contributed by atoms with Crippen molar-refractivity contribution in [1.29, 1.82) is 0 Å². The predicted octanol–water partition coefficient (Wildman–Crippen LogP) is 2.40. The molecule has 4 rings (SSSR count). The standard InChI is InChI=1S/C27H29NO5/c28-25(29)24-27(31,17-21-12-6-2-7-13-21)26(30,16-20-10-4-1-5-11-20)23(33-24)19-32-18-22-14-8-3-9-15-22/h1-15,23-24,30-31H,16-19H2,(H2,28,29)/t23-,24?,26-,27-/m1/s1. The summed E-state index contributed by atoms with van der Waals surface area (Å²) in [7, 11) is 0. The number of amides is 1. The molecule has 4 atom stereocenters. The van der Waals surface area contributed by atoms with E-state index in [4.69, 9.17) is 15.2 Å². The number of hydrogen-bond donors (Lipinski definition) is 3. The molecule has 1 aliphatic rings. The molecule has 1 amide bonds. The first-order valence-corrected chi connectivity index (χ1v) is 11.0. The largest absolute Gasteiger partial charge is 0.384 e. The van der Waals surface area contributed by atoms with Crippen molar-refractivity contribution in [2.45, 2.75) is 42.9 Å². The molecule has 0 bridgehead atoms. The van der Waals surface area contributed by atoms with Gasteiger partial charge in [0.25, 0.3) is 0 Å². The Hall–Kier alpha value is -3.03. The van der Waals surface area contributed by atoms with Gasteiger partial charge in [-0.1, -0.05) is 91.0 Å². The van der Waals surface area contributed by atoms with Crippen LogP contribution in [0.4, 0.5) is 0 Å². The van der Waals surface area contributed by atoms with Gasteiger partial charge in [-0.25, -0.2) is 0 Å². The van der Waals surface area contributed by atoms with Crippen molar-refractivity contribution in [1.82, 2.24) is 0 Å². The molecule has 0 aromatic heterocycles. The maximum atomic E-state index is 12.4. The Morgan fingerprint density at radius 3 is 1.73 bits per heavy atom. The van der Waals surface area contributed by atoms with E-state index < -0.39 is 29.3 Å². The lowest BCUT2D eigenvalue weighted by molar-refractivity contribution is -0.156. The number of carbonyl (C=O) groups is 1. The summed E-state index contributed by atoms with van der Waals surface area (Å²) in [4.78, 5) is 12.4. The van der Waals surface area contributed by atoms with Gasteiger partial charge in [-0.15, -0.1) is 0 Å². The summed E-state index contributed by atoms with van der Waals surface area (Å²) in [5.41, 5.74) is 4.40. The van der Waals surface area contributed by atoms with E-state index in [1.165, 1.54) is 0 Å². The second kappa shape index (κ2) is 9.85. The van der Waals surface area contributed by atoms with Gasteiger partial charge < -0.3 is 25.4 Å². The third-order valence-corrected chi connectivity index (χ3v) is 6.29. The molecule has 4 N–H and O–H groups in total. The van der Waals surface area contributed by atoms with Crippen LogP contribution in [0.25, 0.3) is 0 Å². The summed E-state index contributed by atoms with van der Waals surface area (Å²) in [5.74, 6) is -0.828. The van der Waals surface area contributed by atoms with Gasteiger partial charge in [0.15, 0.2) is 6.10 Å². The van der Waals surface area contributed by atoms with Crippen molar-refractivity contribution in [2.24, 2.45) is 5.73 Å². The molecular formula is C27H29NO5. The molecule has 0 radical (unpaired) electrons. The molecule has 6 nitrogen and oxygen atoms in total. The summed E-state index contributed by atoms with van der Waals surface area (Å²) in [5, 5.41) is 23.9. The van der Waals surface area contributed by atoms with E-state index in [1.807, 2.05) is 91.0 Å². The highest BCUT2D eigenvalue weighted by molar-refractivity contribution is 5.81. The second-order valence-electron chi connectivity index (χ2n) is 8.58. The minimum atomic E-state index is -1.95. The fourth-order valence-electron chi connectivity index (χ4n) is 4.56. The summed E-state index contributed by atoms with van der Waals surface area (Å²) < 4.78 is 11.8. The lowest BCUT2D eigenvalue weighted by Crippen LogP contribution is -2.64. The quantitative estimate of drug-likeness (QED) is 0.468. The van der Waals surface area contributed by atoms with E-state index >= 15 is 0 Å². The molecule has 3 aromatic rings. The van der Waals surface area contributed by atoms with Crippen molar-refractivity contribution < 1.29 is 24.5 Å². The molecule has 1 unspecified atom stereocenters. The molecule has 1 fully saturated rings. The number of rotatable bonds is 9. The highest BCUT2D eigenvalue weighted by Crippen LogP contribution is 2.44. The predicted molar refractivity (Wildman–Crippen MR) is 124 cm³/mol. The third-order valence-electron chi connectivity index (χ3n) is 6.29. The van der Waals surface area contributed by atoms with E-state index in [0.717, 1.165) is 16.7 Å². The average Bonchev–Trinajstić information content (AvgIpc) is 3.02. The maximum Gasteiger partial charge on any atom is 0.249 e. The molecule has 1 heterocycles. The summed E-state index contributed by atoms with van der Waals surface area (Å²) in [6.07, 6.45) is -2.29. The molecule has 6 heteroatoms. The average molecular weight is 448 g/mol. The smallest absolute Gasteiger partial charge is 0.249 e. The monoisotopic (exact) mass is 447 g/mol. The number of primary amides is 1. The minimum absolute atomic E-state index is 0.0000342. The van der Waals surface area contributed by atoms with Crippen LogP contribution in [-0.4, -0.2) is 46.1 Å². The zero-order valence-electron chi connectivity index (χ0n) is 18.3. The van der Waals surface area contributed by atoms with Crippen molar-refractivity contribution in [3.05, 3.63) is 108 Å². The summed E-state index contributed by atoms with van der Waals surface area (Å²) in [6, 6.07) is 28.1. The van der Waals surface area contributed by atoms with Gasteiger partial charge in [0.1, 0.15) is 17.3 Å². The molecule has 0 aliphatic carbocycles. The van der Waals surface area contributed by atoms with Gasteiger partial charge in [0.2, 0.25) is 5.91 Å². The molecular weight excluding hydrogens is 418 g/mol. The molecule has 0 spiro atoms. The lowest BCUT2D eigenvalue weighted by Gasteiger charge is -2.41. The van der Waals surface area contributed by atoms with Gasteiger partial charge in [0.05, 0.1) is 13.2 Å². The van der Waals surface area contributed by atoms with Crippen molar-refractivity contribution in [2.75, 3.05) is 6.61 Å². The summed E-state index contributed by atoms with van der Waals surface area (Å²) >= 11 is 0. The SMILES string of the molecule is NC(=O)C1O[C@H](COCc2ccccc2)[C@](O)(Cc2ccccc2)[C@@]1(O)Cc1ccccc1. The van der Waals surface area contributed by atoms with Gasteiger partial charge in [-0.05, 0) is 16.7 Å². The van der Waals surface area contributed by atoms with Crippen LogP contribution in [0.3, 0.4) is 0 Å². The van der Waals surface area contributed by atoms with E-state index in [2.05, 4.69) is 0 Å². The van der Waals surface area contributed by atoms with E-state index in [9.17, 15) is 15.0 Å².